The fraction of sp³-hybridized carbons (Fsp3) is 0.429. The van der Waals surface area contributed by atoms with Gasteiger partial charge in [0.15, 0.2) is 6.61 Å². The first-order chi connectivity index (χ1) is 10.4. The largest absolute Gasteiger partial charge is 0.457 e. The predicted octanol–water partition coefficient (Wildman–Crippen LogP) is 1.39. The summed E-state index contributed by atoms with van der Waals surface area (Å²) < 4.78 is 9.85. The second kappa shape index (κ2) is 8.24. The van der Waals surface area contributed by atoms with Crippen molar-refractivity contribution in [1.82, 2.24) is 5.16 Å². The number of nitriles is 1. The first kappa shape index (κ1) is 17.8. The molecule has 0 spiro atoms. The second-order valence-corrected chi connectivity index (χ2v) is 5.53. The Morgan fingerprint density at radius 2 is 2.14 bits per heavy atom. The minimum Gasteiger partial charge on any atom is -0.457 e. The number of ether oxygens (including phenoxy) is 1. The molecule has 0 saturated heterocycles. The van der Waals surface area contributed by atoms with E-state index in [9.17, 15) is 9.59 Å². The minimum atomic E-state index is -0.605. The van der Waals surface area contributed by atoms with E-state index in [4.69, 9.17) is 20.3 Å². The molecular formula is C14H17N3O4S. The SMILES string of the molecule is C/C(N)=C(/C#N)C(=O)COC(=O)CSCc1c(C)noc1C. The number of aromatic nitrogens is 1. The van der Waals surface area contributed by atoms with Crippen LogP contribution in [0.15, 0.2) is 15.8 Å². The Morgan fingerprint density at radius 3 is 2.64 bits per heavy atom. The van der Waals surface area contributed by atoms with Gasteiger partial charge in [0, 0.05) is 17.0 Å². The van der Waals surface area contributed by atoms with Crippen LogP contribution < -0.4 is 5.73 Å². The first-order valence-electron chi connectivity index (χ1n) is 6.41. The Kier molecular flexibility index (Phi) is 6.66. The monoisotopic (exact) mass is 323 g/mol. The van der Waals surface area contributed by atoms with Crippen LogP contribution in [0.2, 0.25) is 0 Å². The normalized spacial score (nSPS) is 11.5. The van der Waals surface area contributed by atoms with Gasteiger partial charge in [0.25, 0.3) is 0 Å². The molecule has 118 valence electrons. The Morgan fingerprint density at radius 1 is 1.45 bits per heavy atom. The molecule has 22 heavy (non-hydrogen) atoms. The van der Waals surface area contributed by atoms with E-state index in [1.165, 1.54) is 18.7 Å². The van der Waals surface area contributed by atoms with Crippen LogP contribution in [-0.4, -0.2) is 29.3 Å². The maximum absolute atomic E-state index is 11.6. The molecule has 2 N–H and O–H groups in total. The summed E-state index contributed by atoms with van der Waals surface area (Å²) >= 11 is 1.33. The van der Waals surface area contributed by atoms with Gasteiger partial charge in [-0.15, -0.1) is 11.8 Å². The van der Waals surface area contributed by atoms with Crippen LogP contribution in [0.5, 0.6) is 0 Å². The number of thioether (sulfide) groups is 1. The van der Waals surface area contributed by atoms with Gasteiger partial charge < -0.3 is 15.0 Å². The van der Waals surface area contributed by atoms with E-state index in [-0.39, 0.29) is 17.0 Å². The minimum absolute atomic E-state index is 0.0878. The molecule has 0 amide bonds. The Hall–Kier alpha value is -2.27. The van der Waals surface area contributed by atoms with Crippen LogP contribution in [0.1, 0.15) is 23.9 Å². The van der Waals surface area contributed by atoms with Gasteiger partial charge in [-0.25, -0.2) is 0 Å². The quantitative estimate of drug-likeness (QED) is 0.454. The number of rotatable bonds is 7. The molecule has 8 heteroatoms. The number of hydrogen-bond acceptors (Lipinski definition) is 8. The fourth-order valence-corrected chi connectivity index (χ4v) is 2.54. The highest BCUT2D eigenvalue weighted by atomic mass is 32.2. The topological polar surface area (TPSA) is 119 Å². The van der Waals surface area contributed by atoms with E-state index < -0.39 is 18.4 Å². The van der Waals surface area contributed by atoms with E-state index in [1.807, 2.05) is 6.92 Å². The van der Waals surface area contributed by atoms with Crippen LogP contribution in [0.3, 0.4) is 0 Å². The fourth-order valence-electron chi connectivity index (χ4n) is 1.57. The summed E-state index contributed by atoms with van der Waals surface area (Å²) in [6.45, 7) is 4.59. The highest BCUT2D eigenvalue weighted by Crippen LogP contribution is 2.19. The Labute approximate surface area is 132 Å². The standard InChI is InChI=1S/C14H17N3O4S/c1-8(16)11(4-15)13(18)5-20-14(19)7-22-6-12-9(2)17-21-10(12)3/h5-7,16H2,1-3H3/b11-8+. The van der Waals surface area contributed by atoms with Crippen molar-refractivity contribution >= 4 is 23.5 Å². The van der Waals surface area contributed by atoms with E-state index in [0.717, 1.165) is 17.0 Å². The van der Waals surface area contributed by atoms with Crippen molar-refractivity contribution in [2.24, 2.45) is 5.73 Å². The third kappa shape index (κ3) is 4.93. The summed E-state index contributed by atoms with van der Waals surface area (Å²) in [6, 6.07) is 1.69. The van der Waals surface area contributed by atoms with Gasteiger partial charge in [0.1, 0.15) is 17.4 Å². The zero-order valence-electron chi connectivity index (χ0n) is 12.6. The maximum Gasteiger partial charge on any atom is 0.316 e. The molecule has 0 fully saturated rings. The average molecular weight is 323 g/mol. The lowest BCUT2D eigenvalue weighted by Crippen LogP contribution is -2.18. The number of aryl methyl sites for hydroxylation is 2. The molecule has 0 bridgehead atoms. The number of carbonyl (C=O) groups is 2. The van der Waals surface area contributed by atoms with Gasteiger partial charge in [-0.3, -0.25) is 9.59 Å². The van der Waals surface area contributed by atoms with Gasteiger partial charge in [0.05, 0.1) is 11.4 Å². The van der Waals surface area contributed by atoms with Gasteiger partial charge >= 0.3 is 5.97 Å². The van der Waals surface area contributed by atoms with Crippen LogP contribution in [0.4, 0.5) is 0 Å². The zero-order valence-corrected chi connectivity index (χ0v) is 13.5. The predicted molar refractivity (Wildman–Crippen MR) is 80.6 cm³/mol. The van der Waals surface area contributed by atoms with Crippen molar-refractivity contribution in [3.05, 3.63) is 28.3 Å². The molecule has 7 nitrogen and oxygen atoms in total. The number of nitrogens with zero attached hydrogens (tertiary/aromatic N) is 2. The van der Waals surface area contributed by atoms with E-state index in [1.54, 1.807) is 13.0 Å². The molecule has 0 aliphatic carbocycles. The van der Waals surface area contributed by atoms with Crippen LogP contribution in [0.25, 0.3) is 0 Å². The average Bonchev–Trinajstić information content (AvgIpc) is 2.77. The molecule has 0 saturated carbocycles. The molecule has 1 aromatic rings. The number of hydrogen-bond donors (Lipinski definition) is 1. The third-order valence-electron chi connectivity index (χ3n) is 2.80. The van der Waals surface area contributed by atoms with E-state index in [0.29, 0.717) is 5.75 Å². The van der Waals surface area contributed by atoms with Crippen molar-refractivity contribution in [3.63, 3.8) is 0 Å². The molecule has 1 heterocycles. The summed E-state index contributed by atoms with van der Waals surface area (Å²) in [5.41, 5.74) is 7.05. The lowest BCUT2D eigenvalue weighted by molar-refractivity contribution is -0.144. The molecule has 0 unspecified atom stereocenters. The molecule has 0 aliphatic heterocycles. The van der Waals surface area contributed by atoms with Crippen molar-refractivity contribution in [2.75, 3.05) is 12.4 Å². The summed E-state index contributed by atoms with van der Waals surface area (Å²) in [5.74, 6) is 0.236. The zero-order chi connectivity index (χ0) is 16.7. The van der Waals surface area contributed by atoms with Gasteiger partial charge in [0.2, 0.25) is 5.78 Å². The van der Waals surface area contributed by atoms with Crippen LogP contribution in [0, 0.1) is 25.2 Å². The van der Waals surface area contributed by atoms with Crippen molar-refractivity contribution < 1.29 is 18.8 Å². The summed E-state index contributed by atoms with van der Waals surface area (Å²) in [5, 5.41) is 12.6. The summed E-state index contributed by atoms with van der Waals surface area (Å²) in [7, 11) is 0. The molecular weight excluding hydrogens is 306 g/mol. The van der Waals surface area contributed by atoms with Crippen molar-refractivity contribution in [1.29, 1.82) is 5.26 Å². The third-order valence-corrected chi connectivity index (χ3v) is 3.73. The van der Waals surface area contributed by atoms with E-state index >= 15 is 0 Å². The number of ketones is 1. The summed E-state index contributed by atoms with van der Waals surface area (Å²) in [6.07, 6.45) is 0. The van der Waals surface area contributed by atoms with Gasteiger partial charge in [-0.1, -0.05) is 5.16 Å². The second-order valence-electron chi connectivity index (χ2n) is 4.55. The number of carbonyl (C=O) groups excluding carboxylic acids is 2. The highest BCUT2D eigenvalue weighted by Gasteiger charge is 2.15. The Balaban J connectivity index is 2.38. The molecule has 1 rings (SSSR count). The highest BCUT2D eigenvalue weighted by molar-refractivity contribution is 7.99. The molecule has 0 aliphatic rings. The lowest BCUT2D eigenvalue weighted by Gasteiger charge is -2.04. The molecule has 0 aromatic carbocycles. The summed E-state index contributed by atoms with van der Waals surface area (Å²) in [4.78, 5) is 23.2. The van der Waals surface area contributed by atoms with Crippen LogP contribution in [-0.2, 0) is 20.1 Å². The lowest BCUT2D eigenvalue weighted by atomic mass is 10.1. The van der Waals surface area contributed by atoms with Gasteiger partial charge in [-0.2, -0.15) is 5.26 Å². The van der Waals surface area contributed by atoms with Gasteiger partial charge in [-0.05, 0) is 20.8 Å². The molecule has 0 radical (unpaired) electrons. The van der Waals surface area contributed by atoms with Crippen LogP contribution >= 0.6 is 11.8 Å². The Bertz CT molecular complexity index is 620. The molecule has 0 atom stereocenters. The van der Waals surface area contributed by atoms with E-state index in [2.05, 4.69) is 5.16 Å². The molecule has 1 aromatic heterocycles. The van der Waals surface area contributed by atoms with Crippen molar-refractivity contribution in [3.8, 4) is 6.07 Å². The maximum atomic E-state index is 11.6. The smallest absolute Gasteiger partial charge is 0.316 e. The first-order valence-corrected chi connectivity index (χ1v) is 7.57. The number of Topliss-reactive ketones (excluding diaryl/α,β-unsaturated/α-hetero) is 1. The number of nitrogens with two attached hydrogens (primary N) is 1. The number of allylic oxidation sites excluding steroid dienone is 1. The number of esters is 1. The van der Waals surface area contributed by atoms with Crippen molar-refractivity contribution in [2.45, 2.75) is 26.5 Å².